The summed E-state index contributed by atoms with van der Waals surface area (Å²) in [6, 6.07) is -0.298. The van der Waals surface area contributed by atoms with Crippen LogP contribution in [0.25, 0.3) is 0 Å². The molecule has 1 fully saturated rings. The van der Waals surface area contributed by atoms with Gasteiger partial charge in [-0.1, -0.05) is 32.1 Å². The lowest BCUT2D eigenvalue weighted by atomic mass is 9.87. The molecule has 2 amide bonds. The number of hydrogen-bond donors (Lipinski definition) is 4. The summed E-state index contributed by atoms with van der Waals surface area (Å²) in [5.74, 6) is -0.539. The number of carbonyl (C=O) groups is 2. The lowest BCUT2D eigenvalue weighted by Gasteiger charge is -2.21. The van der Waals surface area contributed by atoms with E-state index in [4.69, 9.17) is 10.2 Å². The average molecular weight is 272 g/mol. The molecule has 4 N–H and O–H groups in total. The van der Waals surface area contributed by atoms with Crippen LogP contribution in [0, 0.1) is 5.92 Å². The maximum atomic E-state index is 11.4. The van der Waals surface area contributed by atoms with Gasteiger partial charge in [0.15, 0.2) is 6.10 Å². The Morgan fingerprint density at radius 2 is 1.74 bits per heavy atom. The van der Waals surface area contributed by atoms with E-state index in [1.807, 2.05) is 0 Å². The average Bonchev–Trinajstić information content (AvgIpc) is 2.39. The van der Waals surface area contributed by atoms with E-state index in [9.17, 15) is 9.59 Å². The van der Waals surface area contributed by atoms with Crippen LogP contribution >= 0.6 is 0 Å². The Balaban J connectivity index is 1.99. The molecule has 1 atom stereocenters. The Labute approximate surface area is 113 Å². The maximum absolute atomic E-state index is 11.4. The highest BCUT2D eigenvalue weighted by Crippen LogP contribution is 2.25. The van der Waals surface area contributed by atoms with Gasteiger partial charge in [0.25, 0.3) is 0 Å². The Morgan fingerprint density at radius 1 is 1.11 bits per heavy atom. The van der Waals surface area contributed by atoms with Gasteiger partial charge in [0.2, 0.25) is 0 Å². The molecule has 0 saturated heterocycles. The molecular formula is C13H24N2O4. The zero-order valence-corrected chi connectivity index (χ0v) is 11.2. The van der Waals surface area contributed by atoms with E-state index in [1.165, 1.54) is 32.1 Å². The second kappa shape index (κ2) is 8.74. The van der Waals surface area contributed by atoms with E-state index in [1.54, 1.807) is 0 Å². The van der Waals surface area contributed by atoms with Crippen LogP contribution in [0.3, 0.4) is 0 Å². The van der Waals surface area contributed by atoms with Crippen LogP contribution in [-0.2, 0) is 4.79 Å². The zero-order valence-electron chi connectivity index (χ0n) is 11.2. The highest BCUT2D eigenvalue weighted by molar-refractivity contribution is 5.74. The van der Waals surface area contributed by atoms with Crippen molar-refractivity contribution in [1.82, 2.24) is 10.6 Å². The Bertz CT molecular complexity index is 290. The van der Waals surface area contributed by atoms with Crippen LogP contribution < -0.4 is 10.6 Å². The SMILES string of the molecule is O=C(NCCC1CCCCC1)NCCC(O)C(=O)O. The van der Waals surface area contributed by atoms with E-state index in [0.717, 1.165) is 12.3 Å². The predicted molar refractivity (Wildman–Crippen MR) is 70.9 cm³/mol. The molecule has 0 spiro atoms. The van der Waals surface area contributed by atoms with Crippen molar-refractivity contribution in [1.29, 1.82) is 0 Å². The van der Waals surface area contributed by atoms with Crippen molar-refractivity contribution < 1.29 is 19.8 Å². The fraction of sp³-hybridized carbons (Fsp3) is 0.846. The first-order chi connectivity index (χ1) is 9.09. The minimum absolute atomic E-state index is 0.0192. The first kappa shape index (κ1) is 15.8. The van der Waals surface area contributed by atoms with Gasteiger partial charge < -0.3 is 20.8 Å². The molecule has 1 unspecified atom stereocenters. The largest absolute Gasteiger partial charge is 0.479 e. The molecule has 0 radical (unpaired) electrons. The number of aliphatic carboxylic acids is 1. The molecule has 1 saturated carbocycles. The fourth-order valence-corrected chi connectivity index (χ4v) is 2.37. The van der Waals surface area contributed by atoms with Gasteiger partial charge in [-0.25, -0.2) is 9.59 Å². The molecule has 19 heavy (non-hydrogen) atoms. The van der Waals surface area contributed by atoms with Crippen molar-refractivity contribution in [3.05, 3.63) is 0 Å². The molecule has 0 heterocycles. The molecule has 0 aromatic heterocycles. The number of hydrogen-bond acceptors (Lipinski definition) is 3. The molecule has 1 aliphatic rings. The van der Waals surface area contributed by atoms with Crippen LogP contribution in [0.5, 0.6) is 0 Å². The number of nitrogens with one attached hydrogen (secondary N) is 2. The number of amides is 2. The fourth-order valence-electron chi connectivity index (χ4n) is 2.37. The van der Waals surface area contributed by atoms with Gasteiger partial charge in [-0.3, -0.25) is 0 Å². The van der Waals surface area contributed by atoms with Crippen LogP contribution in [0.4, 0.5) is 4.79 Å². The van der Waals surface area contributed by atoms with Crippen LogP contribution in [0.2, 0.25) is 0 Å². The normalized spacial score (nSPS) is 17.7. The van der Waals surface area contributed by atoms with E-state index in [0.29, 0.717) is 6.54 Å². The molecule has 1 aliphatic carbocycles. The third kappa shape index (κ3) is 7.00. The van der Waals surface area contributed by atoms with E-state index < -0.39 is 12.1 Å². The second-order valence-electron chi connectivity index (χ2n) is 5.12. The predicted octanol–water partition coefficient (Wildman–Crippen LogP) is 1.09. The first-order valence-corrected chi connectivity index (χ1v) is 7.02. The molecule has 0 aromatic rings. The summed E-state index contributed by atoms with van der Waals surface area (Å²) >= 11 is 0. The van der Waals surface area contributed by atoms with Crippen molar-refractivity contribution in [2.45, 2.75) is 51.0 Å². The molecule has 6 heteroatoms. The molecule has 0 aliphatic heterocycles. The maximum Gasteiger partial charge on any atom is 0.332 e. The van der Waals surface area contributed by atoms with Crippen molar-refractivity contribution in [3.63, 3.8) is 0 Å². The first-order valence-electron chi connectivity index (χ1n) is 7.02. The number of carboxylic acids is 1. The third-order valence-corrected chi connectivity index (χ3v) is 3.55. The van der Waals surface area contributed by atoms with E-state index in [-0.39, 0.29) is 19.0 Å². The summed E-state index contributed by atoms with van der Waals surface area (Å²) in [5, 5.41) is 22.8. The Hall–Kier alpha value is -1.30. The Morgan fingerprint density at radius 3 is 2.37 bits per heavy atom. The van der Waals surface area contributed by atoms with Gasteiger partial charge in [-0.15, -0.1) is 0 Å². The topological polar surface area (TPSA) is 98.7 Å². The lowest BCUT2D eigenvalue weighted by molar-refractivity contribution is -0.146. The molecule has 110 valence electrons. The summed E-state index contributed by atoms with van der Waals surface area (Å²) in [5.41, 5.74) is 0. The van der Waals surface area contributed by atoms with Crippen molar-refractivity contribution in [2.24, 2.45) is 5.92 Å². The molecule has 6 nitrogen and oxygen atoms in total. The minimum Gasteiger partial charge on any atom is -0.479 e. The number of rotatable bonds is 7. The quantitative estimate of drug-likeness (QED) is 0.557. The molecule has 0 aromatic carbocycles. The third-order valence-electron chi connectivity index (χ3n) is 3.55. The van der Waals surface area contributed by atoms with Gasteiger partial charge in [0, 0.05) is 19.5 Å². The summed E-state index contributed by atoms with van der Waals surface area (Å²) in [4.78, 5) is 21.7. The summed E-state index contributed by atoms with van der Waals surface area (Å²) < 4.78 is 0. The number of urea groups is 1. The van der Waals surface area contributed by atoms with Crippen molar-refractivity contribution in [3.8, 4) is 0 Å². The smallest absolute Gasteiger partial charge is 0.332 e. The summed E-state index contributed by atoms with van der Waals surface area (Å²) in [7, 11) is 0. The molecule has 1 rings (SSSR count). The minimum atomic E-state index is -1.41. The van der Waals surface area contributed by atoms with Gasteiger partial charge in [0.1, 0.15) is 0 Å². The second-order valence-corrected chi connectivity index (χ2v) is 5.12. The van der Waals surface area contributed by atoms with Crippen LogP contribution in [0.1, 0.15) is 44.9 Å². The van der Waals surface area contributed by atoms with Gasteiger partial charge >= 0.3 is 12.0 Å². The van der Waals surface area contributed by atoms with Crippen molar-refractivity contribution in [2.75, 3.05) is 13.1 Å². The number of carbonyl (C=O) groups excluding carboxylic acids is 1. The molecular weight excluding hydrogens is 248 g/mol. The monoisotopic (exact) mass is 272 g/mol. The van der Waals surface area contributed by atoms with Crippen LogP contribution in [0.15, 0.2) is 0 Å². The lowest BCUT2D eigenvalue weighted by Crippen LogP contribution is -2.38. The Kier molecular flexibility index (Phi) is 7.25. The van der Waals surface area contributed by atoms with Gasteiger partial charge in [0.05, 0.1) is 0 Å². The van der Waals surface area contributed by atoms with Crippen molar-refractivity contribution >= 4 is 12.0 Å². The zero-order chi connectivity index (χ0) is 14.1. The summed E-state index contributed by atoms with van der Waals surface area (Å²) in [6.45, 7) is 0.806. The van der Waals surface area contributed by atoms with Gasteiger partial charge in [-0.2, -0.15) is 0 Å². The summed E-state index contributed by atoms with van der Waals surface area (Å²) in [6.07, 6.45) is 6.05. The standard InChI is InChI=1S/C13H24N2O4/c16-11(12(17)18)7-9-15-13(19)14-8-6-10-4-2-1-3-5-10/h10-11,16H,1-9H2,(H,17,18)(H2,14,15,19). The molecule has 0 bridgehead atoms. The number of aliphatic hydroxyl groups excluding tert-OH is 1. The highest BCUT2D eigenvalue weighted by Gasteiger charge is 2.14. The van der Waals surface area contributed by atoms with Gasteiger partial charge in [-0.05, 0) is 12.3 Å². The highest BCUT2D eigenvalue weighted by atomic mass is 16.4. The number of carboxylic acid groups (broad SMARTS) is 1. The van der Waals surface area contributed by atoms with E-state index >= 15 is 0 Å². The number of aliphatic hydroxyl groups is 1. The van der Waals surface area contributed by atoms with Crippen LogP contribution in [-0.4, -0.2) is 41.4 Å². The van der Waals surface area contributed by atoms with E-state index in [2.05, 4.69) is 10.6 Å².